The number of hydrogen-bond donors (Lipinski definition) is 0. The van der Waals surface area contributed by atoms with E-state index in [-0.39, 0.29) is 0 Å². The van der Waals surface area contributed by atoms with Crippen molar-refractivity contribution in [1.29, 1.82) is 0 Å². The molecule has 0 saturated heterocycles. The van der Waals surface area contributed by atoms with E-state index < -0.39 is 0 Å². The molecule has 0 fully saturated rings. The van der Waals surface area contributed by atoms with E-state index in [0.717, 1.165) is 0 Å². The molecule has 54 valence electrons. The van der Waals surface area contributed by atoms with Gasteiger partial charge in [0.25, 0.3) is 0 Å². The van der Waals surface area contributed by atoms with E-state index in [2.05, 4.69) is 43.4 Å². The molecule has 0 heterocycles. The van der Waals surface area contributed by atoms with Gasteiger partial charge in [0, 0.05) is 5.41 Å². The van der Waals surface area contributed by atoms with Crippen LogP contribution < -0.4 is 0 Å². The molecule has 0 aliphatic heterocycles. The lowest BCUT2D eigenvalue weighted by atomic mass is 9.85. The van der Waals surface area contributed by atoms with Gasteiger partial charge in [-0.1, -0.05) is 43.4 Å². The summed E-state index contributed by atoms with van der Waals surface area (Å²) in [5.41, 5.74) is 3.47. The summed E-state index contributed by atoms with van der Waals surface area (Å²) in [6.45, 7) is 2.29. The molecule has 0 aromatic carbocycles. The van der Waals surface area contributed by atoms with E-state index in [1.54, 1.807) is 11.1 Å². The molecule has 0 amide bonds. The van der Waals surface area contributed by atoms with Crippen LogP contribution in [-0.4, -0.2) is 0 Å². The van der Waals surface area contributed by atoms with Crippen LogP contribution in [0.25, 0.3) is 0 Å². The smallest absolute Gasteiger partial charge is 0.0451 e. The van der Waals surface area contributed by atoms with Crippen LogP contribution in [0, 0.1) is 11.3 Å². The molecule has 3 rings (SSSR count). The summed E-state index contributed by atoms with van der Waals surface area (Å²) in [6.07, 6.45) is 13.5. The lowest BCUT2D eigenvalue weighted by Crippen LogP contribution is -2.10. The predicted octanol–water partition coefficient (Wildman–Crippen LogP) is 2.61. The molecule has 11 heavy (non-hydrogen) atoms. The van der Waals surface area contributed by atoms with Crippen LogP contribution in [0.15, 0.2) is 47.6 Å². The zero-order valence-corrected chi connectivity index (χ0v) is 6.54. The maximum atomic E-state index is 2.34. The van der Waals surface area contributed by atoms with Crippen LogP contribution in [0.2, 0.25) is 0 Å². The highest BCUT2D eigenvalue weighted by Gasteiger charge is 2.54. The molecule has 1 spiro atoms. The van der Waals surface area contributed by atoms with Crippen LogP contribution in [0.1, 0.15) is 6.92 Å². The maximum absolute atomic E-state index is 2.34. The van der Waals surface area contributed by atoms with Gasteiger partial charge in [0.15, 0.2) is 0 Å². The zero-order chi connectivity index (χ0) is 7.47. The Labute approximate surface area is 66.6 Å². The lowest BCUT2D eigenvalue weighted by molar-refractivity contribution is 0.541. The largest absolute Gasteiger partial charge is 0.0798 e. The van der Waals surface area contributed by atoms with Gasteiger partial charge in [0.1, 0.15) is 0 Å². The number of allylic oxidation sites excluding steroid dienone is 8. The van der Waals surface area contributed by atoms with Crippen LogP contribution in [0.5, 0.6) is 0 Å². The second-order valence-electron chi connectivity index (χ2n) is 3.56. The monoisotopic (exact) mass is 142 g/mol. The fraction of sp³-hybridized carbons (Fsp3) is 0.273. The van der Waals surface area contributed by atoms with Gasteiger partial charge < -0.3 is 0 Å². The fourth-order valence-electron chi connectivity index (χ4n) is 2.38. The number of rotatable bonds is 0. The van der Waals surface area contributed by atoms with Gasteiger partial charge in [0.05, 0.1) is 0 Å². The highest BCUT2D eigenvalue weighted by Crippen LogP contribution is 2.64. The molecular formula is C11H10. The molecule has 0 aromatic rings. The van der Waals surface area contributed by atoms with Gasteiger partial charge in [-0.3, -0.25) is 0 Å². The number of hydrogen-bond acceptors (Lipinski definition) is 0. The summed E-state index contributed by atoms with van der Waals surface area (Å²) < 4.78 is 0. The van der Waals surface area contributed by atoms with Crippen molar-refractivity contribution in [3.05, 3.63) is 47.6 Å². The van der Waals surface area contributed by atoms with E-state index in [4.69, 9.17) is 0 Å². The Kier molecular flexibility index (Phi) is 0.724. The third-order valence-corrected chi connectivity index (χ3v) is 3.12. The Hall–Kier alpha value is -1.04. The van der Waals surface area contributed by atoms with Crippen molar-refractivity contribution in [3.63, 3.8) is 0 Å². The van der Waals surface area contributed by atoms with E-state index in [1.165, 1.54) is 0 Å². The second-order valence-corrected chi connectivity index (χ2v) is 3.56. The highest BCUT2D eigenvalue weighted by atomic mass is 14.6. The average molecular weight is 142 g/mol. The van der Waals surface area contributed by atoms with Crippen LogP contribution in [0.4, 0.5) is 0 Å². The van der Waals surface area contributed by atoms with Gasteiger partial charge in [-0.15, -0.1) is 0 Å². The predicted molar refractivity (Wildman–Crippen MR) is 46.0 cm³/mol. The van der Waals surface area contributed by atoms with E-state index in [9.17, 15) is 0 Å². The van der Waals surface area contributed by atoms with Crippen molar-refractivity contribution in [3.8, 4) is 0 Å². The van der Waals surface area contributed by atoms with Gasteiger partial charge in [0.2, 0.25) is 0 Å². The molecule has 3 aliphatic rings. The zero-order valence-electron chi connectivity index (χ0n) is 6.54. The van der Waals surface area contributed by atoms with Gasteiger partial charge >= 0.3 is 0 Å². The second kappa shape index (κ2) is 1.42. The van der Waals surface area contributed by atoms with Crippen molar-refractivity contribution in [2.24, 2.45) is 11.3 Å². The first-order valence-corrected chi connectivity index (χ1v) is 4.15. The van der Waals surface area contributed by atoms with Crippen molar-refractivity contribution in [2.75, 3.05) is 0 Å². The van der Waals surface area contributed by atoms with E-state index in [0.29, 0.717) is 11.3 Å². The lowest BCUT2D eigenvalue weighted by Gasteiger charge is -2.17. The molecule has 0 heteroatoms. The molecule has 0 nitrogen and oxygen atoms in total. The summed E-state index contributed by atoms with van der Waals surface area (Å²) in [6, 6.07) is 0. The summed E-state index contributed by atoms with van der Waals surface area (Å²) in [5, 5.41) is 0. The third-order valence-electron chi connectivity index (χ3n) is 3.12. The maximum Gasteiger partial charge on any atom is 0.0451 e. The summed E-state index contributed by atoms with van der Waals surface area (Å²) in [7, 11) is 0. The average Bonchev–Trinajstić information content (AvgIpc) is 2.61. The third kappa shape index (κ3) is 0.425. The highest BCUT2D eigenvalue weighted by molar-refractivity contribution is 5.70. The van der Waals surface area contributed by atoms with Gasteiger partial charge in [-0.05, 0) is 17.1 Å². The standard InChI is InChI=1S/C11H10/c1-8-5-6-10-9-4-2-3-7-11(8,9)10/h2-8H,1H3. The SMILES string of the molecule is CC1C=CC2=C3C=CC=CC321. The molecule has 0 bridgehead atoms. The Bertz CT molecular complexity index is 331. The van der Waals surface area contributed by atoms with Crippen molar-refractivity contribution >= 4 is 0 Å². The summed E-state index contributed by atoms with van der Waals surface area (Å²) in [5.74, 6) is 0.689. The molecule has 3 aliphatic carbocycles. The first kappa shape index (κ1) is 5.59. The molecule has 0 saturated carbocycles. The summed E-state index contributed by atoms with van der Waals surface area (Å²) >= 11 is 0. The normalized spacial score (nSPS) is 42.8. The first-order chi connectivity index (χ1) is 5.36. The van der Waals surface area contributed by atoms with E-state index >= 15 is 0 Å². The minimum absolute atomic E-state index is 0.370. The van der Waals surface area contributed by atoms with Crippen molar-refractivity contribution < 1.29 is 0 Å². The fourth-order valence-corrected chi connectivity index (χ4v) is 2.38. The van der Waals surface area contributed by atoms with Gasteiger partial charge in [-0.2, -0.15) is 0 Å². The summed E-state index contributed by atoms with van der Waals surface area (Å²) in [4.78, 5) is 0. The van der Waals surface area contributed by atoms with Crippen molar-refractivity contribution in [1.82, 2.24) is 0 Å². The molecule has 0 aromatic heterocycles. The quantitative estimate of drug-likeness (QED) is 0.487. The van der Waals surface area contributed by atoms with Gasteiger partial charge in [-0.25, -0.2) is 0 Å². The Morgan fingerprint density at radius 3 is 2.82 bits per heavy atom. The Morgan fingerprint density at radius 1 is 1.18 bits per heavy atom. The topological polar surface area (TPSA) is 0 Å². The molecule has 0 radical (unpaired) electrons. The molecule has 2 unspecified atom stereocenters. The van der Waals surface area contributed by atoms with Crippen molar-refractivity contribution in [2.45, 2.75) is 6.92 Å². The van der Waals surface area contributed by atoms with Crippen LogP contribution in [-0.2, 0) is 0 Å². The molecular weight excluding hydrogens is 132 g/mol. The van der Waals surface area contributed by atoms with E-state index in [1.807, 2.05) is 0 Å². The molecule has 0 N–H and O–H groups in total. The Morgan fingerprint density at radius 2 is 2.00 bits per heavy atom. The van der Waals surface area contributed by atoms with Crippen LogP contribution >= 0.6 is 0 Å². The minimum atomic E-state index is 0.370. The minimum Gasteiger partial charge on any atom is -0.0798 e. The Balaban J connectivity index is 2.18. The molecule has 2 atom stereocenters. The van der Waals surface area contributed by atoms with Crippen LogP contribution in [0.3, 0.4) is 0 Å². The first-order valence-electron chi connectivity index (χ1n) is 4.15.